The van der Waals surface area contributed by atoms with E-state index in [1.807, 2.05) is 48.5 Å². The summed E-state index contributed by atoms with van der Waals surface area (Å²) in [7, 11) is 0. The van der Waals surface area contributed by atoms with Gasteiger partial charge in [0.2, 0.25) is 5.78 Å². The van der Waals surface area contributed by atoms with Crippen molar-refractivity contribution in [3.63, 3.8) is 0 Å². The molecule has 0 aromatic heterocycles. The molecule has 4 nitrogen and oxygen atoms in total. The lowest BCUT2D eigenvalue weighted by molar-refractivity contribution is -0.550. The van der Waals surface area contributed by atoms with Gasteiger partial charge in [-0.25, -0.2) is 0 Å². The Morgan fingerprint density at radius 2 is 1.78 bits per heavy atom. The zero-order chi connectivity index (χ0) is 16.3. The predicted octanol–water partition coefficient (Wildman–Crippen LogP) is 3.93. The Labute approximate surface area is 134 Å². The number of nitro groups is 1. The van der Waals surface area contributed by atoms with E-state index in [1.54, 1.807) is 18.2 Å². The number of benzene rings is 2. The number of carbonyl (C=O) groups excluding carboxylic acids is 1. The van der Waals surface area contributed by atoms with Gasteiger partial charge in [0.1, 0.15) is 0 Å². The summed E-state index contributed by atoms with van der Waals surface area (Å²) in [6, 6.07) is 16.8. The van der Waals surface area contributed by atoms with E-state index in [0.29, 0.717) is 12.0 Å². The maximum atomic E-state index is 12.7. The molecule has 2 aromatic carbocycles. The number of hydrogen-bond acceptors (Lipinski definition) is 3. The van der Waals surface area contributed by atoms with Crippen molar-refractivity contribution in [1.82, 2.24) is 0 Å². The zero-order valence-corrected chi connectivity index (χ0v) is 12.6. The van der Waals surface area contributed by atoms with E-state index < -0.39 is 10.5 Å². The minimum atomic E-state index is -1.54. The molecule has 1 aliphatic carbocycles. The second-order valence-corrected chi connectivity index (χ2v) is 5.79. The van der Waals surface area contributed by atoms with Crippen molar-refractivity contribution in [2.24, 2.45) is 0 Å². The van der Waals surface area contributed by atoms with E-state index in [1.165, 1.54) is 0 Å². The summed E-state index contributed by atoms with van der Waals surface area (Å²) in [5.41, 5.74) is 0.819. The third kappa shape index (κ3) is 2.80. The smallest absolute Gasteiger partial charge is 0.286 e. The van der Waals surface area contributed by atoms with Gasteiger partial charge in [-0.15, -0.1) is 0 Å². The summed E-state index contributed by atoms with van der Waals surface area (Å²) in [4.78, 5) is 24.0. The van der Waals surface area contributed by atoms with Crippen LogP contribution in [0.5, 0.6) is 0 Å². The van der Waals surface area contributed by atoms with Gasteiger partial charge in [0.15, 0.2) is 0 Å². The van der Waals surface area contributed by atoms with E-state index in [0.717, 1.165) is 11.1 Å². The van der Waals surface area contributed by atoms with Gasteiger partial charge in [-0.2, -0.15) is 0 Å². The molecule has 0 radical (unpaired) electrons. The summed E-state index contributed by atoms with van der Waals surface area (Å²) >= 11 is 0. The van der Waals surface area contributed by atoms with Crippen LogP contribution >= 0.6 is 0 Å². The van der Waals surface area contributed by atoms with Crippen molar-refractivity contribution in [3.8, 4) is 0 Å². The number of Topliss-reactive ketones (excluding diaryl/α,β-unsaturated/α-hetero) is 1. The third-order valence-corrected chi connectivity index (χ3v) is 4.41. The van der Waals surface area contributed by atoms with E-state index >= 15 is 0 Å². The van der Waals surface area contributed by atoms with E-state index in [2.05, 4.69) is 0 Å². The molecule has 4 heteroatoms. The van der Waals surface area contributed by atoms with Gasteiger partial charge < -0.3 is 0 Å². The molecular formula is C19H17NO3. The van der Waals surface area contributed by atoms with Crippen LogP contribution in [0.4, 0.5) is 0 Å². The van der Waals surface area contributed by atoms with Crippen LogP contribution in [-0.2, 0) is 6.42 Å². The molecular weight excluding hydrogens is 290 g/mol. The number of fused-ring (bicyclic) bond motifs is 1. The Balaban J connectivity index is 1.88. The highest BCUT2D eigenvalue weighted by molar-refractivity contribution is 6.04. The lowest BCUT2D eigenvalue weighted by Crippen LogP contribution is -2.49. The minimum Gasteiger partial charge on any atom is -0.286 e. The topological polar surface area (TPSA) is 60.2 Å². The van der Waals surface area contributed by atoms with Crippen LogP contribution in [0.25, 0.3) is 6.08 Å². The van der Waals surface area contributed by atoms with E-state index in [4.69, 9.17) is 0 Å². The highest BCUT2D eigenvalue weighted by atomic mass is 16.6. The van der Waals surface area contributed by atoms with Gasteiger partial charge in [-0.1, -0.05) is 66.7 Å². The SMILES string of the molecule is O=C1c2ccccc2CC[C@]1(C/C=C/c1ccccc1)[N+](=O)[O-]. The fraction of sp³-hybridized carbons (Fsp3) is 0.211. The average molecular weight is 307 g/mol. The summed E-state index contributed by atoms with van der Waals surface area (Å²) in [6.45, 7) is 0. The average Bonchev–Trinajstić information content (AvgIpc) is 2.58. The monoisotopic (exact) mass is 307 g/mol. The Hall–Kier alpha value is -2.75. The summed E-state index contributed by atoms with van der Waals surface area (Å²) < 4.78 is 0. The molecule has 0 heterocycles. The van der Waals surface area contributed by atoms with Crippen molar-refractivity contribution < 1.29 is 9.72 Å². The molecule has 0 N–H and O–H groups in total. The molecule has 0 spiro atoms. The van der Waals surface area contributed by atoms with Gasteiger partial charge >= 0.3 is 0 Å². The van der Waals surface area contributed by atoms with Gasteiger partial charge in [0.25, 0.3) is 5.54 Å². The number of carbonyl (C=O) groups is 1. The number of aryl methyl sites for hydroxylation is 1. The van der Waals surface area contributed by atoms with Gasteiger partial charge in [0.05, 0.1) is 0 Å². The molecule has 0 fully saturated rings. The molecule has 0 unspecified atom stereocenters. The van der Waals surface area contributed by atoms with Crippen LogP contribution in [-0.4, -0.2) is 16.2 Å². The first-order valence-corrected chi connectivity index (χ1v) is 7.62. The van der Waals surface area contributed by atoms with E-state index in [9.17, 15) is 14.9 Å². The number of hydrogen-bond donors (Lipinski definition) is 0. The van der Waals surface area contributed by atoms with Crippen LogP contribution in [0.15, 0.2) is 60.7 Å². The maximum Gasteiger partial charge on any atom is 0.287 e. The van der Waals surface area contributed by atoms with Crippen LogP contribution in [0.3, 0.4) is 0 Å². The zero-order valence-electron chi connectivity index (χ0n) is 12.6. The molecule has 1 aliphatic rings. The number of ketones is 1. The van der Waals surface area contributed by atoms with Gasteiger partial charge in [-0.3, -0.25) is 14.9 Å². The summed E-state index contributed by atoms with van der Waals surface area (Å²) in [5.74, 6) is -0.373. The Morgan fingerprint density at radius 3 is 2.52 bits per heavy atom. The largest absolute Gasteiger partial charge is 0.287 e. The molecule has 1 atom stereocenters. The normalized spacial score (nSPS) is 20.4. The third-order valence-electron chi connectivity index (χ3n) is 4.41. The van der Waals surface area contributed by atoms with Crippen LogP contribution in [0, 0.1) is 10.1 Å². The molecule has 3 rings (SSSR count). The highest BCUT2D eigenvalue weighted by Gasteiger charge is 2.52. The molecule has 0 amide bonds. The first kappa shape index (κ1) is 15.2. The lowest BCUT2D eigenvalue weighted by atomic mass is 9.75. The second-order valence-electron chi connectivity index (χ2n) is 5.79. The number of rotatable bonds is 4. The van der Waals surface area contributed by atoms with E-state index in [-0.39, 0.29) is 18.6 Å². The molecule has 2 aromatic rings. The number of nitrogens with zero attached hydrogens (tertiary/aromatic N) is 1. The fourth-order valence-corrected chi connectivity index (χ4v) is 3.06. The van der Waals surface area contributed by atoms with Gasteiger partial charge in [0, 0.05) is 23.3 Å². The summed E-state index contributed by atoms with van der Waals surface area (Å²) in [6.07, 6.45) is 4.49. The van der Waals surface area contributed by atoms with Crippen molar-refractivity contribution in [1.29, 1.82) is 0 Å². The first-order valence-electron chi connectivity index (χ1n) is 7.62. The molecule has 116 valence electrons. The molecule has 0 saturated carbocycles. The second kappa shape index (κ2) is 6.16. The fourth-order valence-electron chi connectivity index (χ4n) is 3.06. The molecule has 23 heavy (non-hydrogen) atoms. The predicted molar refractivity (Wildman–Crippen MR) is 88.9 cm³/mol. The quantitative estimate of drug-likeness (QED) is 0.635. The lowest BCUT2D eigenvalue weighted by Gasteiger charge is -2.28. The van der Waals surface area contributed by atoms with Gasteiger partial charge in [-0.05, 0) is 17.5 Å². The maximum absolute atomic E-state index is 12.7. The van der Waals surface area contributed by atoms with Crippen LogP contribution in [0.1, 0.15) is 34.3 Å². The first-order chi connectivity index (χ1) is 11.1. The minimum absolute atomic E-state index is 0.113. The van der Waals surface area contributed by atoms with Crippen molar-refractivity contribution in [2.45, 2.75) is 24.8 Å². The Bertz CT molecular complexity index is 767. The Kier molecular flexibility index (Phi) is 4.06. The molecule has 0 aliphatic heterocycles. The standard InChI is InChI=1S/C19H17NO3/c21-18-17-11-5-4-10-16(17)12-14-19(18,20(22)23)13-6-9-15-7-2-1-3-8-15/h1-11H,12-14H2/b9-6+/t19-/m0/s1. The van der Waals surface area contributed by atoms with Crippen molar-refractivity contribution in [2.75, 3.05) is 0 Å². The van der Waals surface area contributed by atoms with Crippen LogP contribution in [0.2, 0.25) is 0 Å². The van der Waals surface area contributed by atoms with Crippen molar-refractivity contribution >= 4 is 11.9 Å². The highest BCUT2D eigenvalue weighted by Crippen LogP contribution is 2.34. The van der Waals surface area contributed by atoms with Crippen LogP contribution < -0.4 is 0 Å². The Morgan fingerprint density at radius 1 is 1.09 bits per heavy atom. The molecule has 0 saturated heterocycles. The summed E-state index contributed by atoms with van der Waals surface area (Å²) in [5, 5.41) is 11.7. The molecule has 0 bridgehead atoms. The van der Waals surface area contributed by atoms with Crippen molar-refractivity contribution in [3.05, 3.63) is 87.5 Å².